The first kappa shape index (κ1) is 65.9. The van der Waals surface area contributed by atoms with E-state index < -0.39 is 17.9 Å². The highest BCUT2D eigenvalue weighted by atomic mass is 16.5. The third-order valence-corrected chi connectivity index (χ3v) is 19.1. The highest BCUT2D eigenvalue weighted by Gasteiger charge is 2.44. The fraction of sp³-hybridized carbons (Fsp3) is 0.549. The molecule has 4 heterocycles. The first-order chi connectivity index (χ1) is 42.0. The van der Waals surface area contributed by atoms with Gasteiger partial charge in [-0.2, -0.15) is 0 Å². The molecule has 0 unspecified atom stereocenters. The van der Waals surface area contributed by atoms with Crippen LogP contribution in [0.2, 0.25) is 0 Å². The average molecular weight is 1190 g/mol. The van der Waals surface area contributed by atoms with Crippen LogP contribution in [0.4, 0.5) is 0 Å². The van der Waals surface area contributed by atoms with Crippen molar-refractivity contribution in [2.45, 2.75) is 137 Å². The van der Waals surface area contributed by atoms with Gasteiger partial charge in [0.25, 0.3) is 5.91 Å². The van der Waals surface area contributed by atoms with Gasteiger partial charge in [-0.1, -0.05) is 139 Å². The smallest absolute Gasteiger partial charge is 0.251 e. The summed E-state index contributed by atoms with van der Waals surface area (Å²) in [7, 11) is 0. The zero-order chi connectivity index (χ0) is 62.0. The van der Waals surface area contributed by atoms with Gasteiger partial charge in [-0.3, -0.25) is 38.4 Å². The summed E-state index contributed by atoms with van der Waals surface area (Å²) in [4.78, 5) is 119. The Labute approximate surface area is 515 Å². The molecule has 0 aliphatic carbocycles. The minimum Gasteiger partial charge on any atom is -0.381 e. The van der Waals surface area contributed by atoms with Crippen molar-refractivity contribution in [2.75, 3.05) is 72.2 Å². The topological polar surface area (TPSA) is 192 Å². The molecule has 4 aliphatic rings. The van der Waals surface area contributed by atoms with Crippen LogP contribution in [0.15, 0.2) is 109 Å². The number of carbonyl (C=O) groups excluding carboxylic acids is 8. The van der Waals surface area contributed by atoms with Crippen LogP contribution in [0.25, 0.3) is 11.1 Å². The van der Waals surface area contributed by atoms with E-state index >= 15 is 0 Å². The molecule has 2 N–H and O–H groups in total. The van der Waals surface area contributed by atoms with Gasteiger partial charge in [-0.05, 0) is 116 Å². The fourth-order valence-electron chi connectivity index (χ4n) is 12.9. The Morgan fingerprint density at radius 2 is 1.06 bits per heavy atom. The number of nitrogens with one attached hydrogen (secondary N) is 2. The van der Waals surface area contributed by atoms with E-state index in [2.05, 4.69) is 24.5 Å². The van der Waals surface area contributed by atoms with Crippen LogP contribution in [0.3, 0.4) is 0 Å². The molecule has 16 heteroatoms. The molecule has 6 amide bonds. The van der Waals surface area contributed by atoms with Crippen molar-refractivity contribution in [1.82, 2.24) is 30.2 Å². The molecule has 8 rings (SSSR count). The van der Waals surface area contributed by atoms with Crippen LogP contribution in [0.5, 0.6) is 0 Å². The number of likely N-dealkylation sites (tertiary alicyclic amines) is 2. The number of amides is 6. The number of carbonyl (C=O) groups is 8. The van der Waals surface area contributed by atoms with Crippen LogP contribution < -0.4 is 10.6 Å². The van der Waals surface area contributed by atoms with Crippen LogP contribution in [0, 0.1) is 41.4 Å². The van der Waals surface area contributed by atoms with Crippen LogP contribution in [0.1, 0.15) is 138 Å². The van der Waals surface area contributed by atoms with E-state index in [9.17, 15) is 38.4 Å². The predicted octanol–water partition coefficient (Wildman–Crippen LogP) is 9.28. The van der Waals surface area contributed by atoms with Crippen molar-refractivity contribution < 1.29 is 47.8 Å². The lowest BCUT2D eigenvalue weighted by molar-refractivity contribution is -0.144. The first-order valence-corrected chi connectivity index (χ1v) is 32.2. The monoisotopic (exact) mass is 1190 g/mol. The number of ether oxygens (including phenoxy) is 2. The molecule has 0 saturated carbocycles. The van der Waals surface area contributed by atoms with Gasteiger partial charge in [-0.25, -0.2) is 0 Å². The van der Waals surface area contributed by atoms with Crippen molar-refractivity contribution in [3.8, 4) is 11.1 Å². The second-order valence-corrected chi connectivity index (χ2v) is 25.3. The van der Waals surface area contributed by atoms with E-state index in [-0.39, 0.29) is 115 Å². The molecule has 0 bridgehead atoms. The number of hydrogen-bond acceptors (Lipinski definition) is 10. The summed E-state index contributed by atoms with van der Waals surface area (Å²) >= 11 is 0. The zero-order valence-corrected chi connectivity index (χ0v) is 52.3. The van der Waals surface area contributed by atoms with Crippen molar-refractivity contribution in [3.05, 3.63) is 131 Å². The number of hydrogen-bond donors (Lipinski definition) is 2. The van der Waals surface area contributed by atoms with Gasteiger partial charge in [0.1, 0.15) is 11.8 Å². The molecule has 0 spiro atoms. The van der Waals surface area contributed by atoms with Gasteiger partial charge in [0.05, 0.1) is 18.6 Å². The maximum Gasteiger partial charge on any atom is 0.251 e. The summed E-state index contributed by atoms with van der Waals surface area (Å²) in [5.74, 6) is -1.76. The Morgan fingerprint density at radius 1 is 0.575 bits per heavy atom. The lowest BCUT2D eigenvalue weighted by Crippen LogP contribution is -2.57. The minimum atomic E-state index is -0.674. The molecular weight excluding hydrogens is 1100 g/mol. The average Bonchev–Trinajstić information content (AvgIpc) is 2.82. The molecule has 4 aromatic rings. The molecule has 0 aromatic heterocycles. The third kappa shape index (κ3) is 18.1. The molecule has 7 atom stereocenters. The Morgan fingerprint density at radius 3 is 1.56 bits per heavy atom. The molecule has 4 aliphatic heterocycles. The van der Waals surface area contributed by atoms with Gasteiger partial charge < -0.3 is 39.7 Å². The maximum atomic E-state index is 14.6. The number of benzene rings is 4. The second kappa shape index (κ2) is 32.3. The molecule has 4 fully saturated rings. The Bertz CT molecular complexity index is 2930. The standard InChI is InChI=1S/C71H94N6O10/c1-7-49(4)68(82)73-67(58-34-42-87-43-35-58)71(85)77-39-29-51(6)62(77)46-74(36-30-52-14-10-8-11-15-52)65(80)27-26-63(78)57-22-18-54(19-23-57)55-20-24-59(25-21-55)69(83)72-45-66(81)75(37-31-53-16-12-9-13-17-53)47-61-50(5)28-38-76(61)70(84)60(44-64(79)48(2)3)56-32-40-86-41-33-56/h8-25,48-51,56,58,60-62,67H,7,26-47H2,1-6H3,(H,72,83)(H,73,82)/t49-,50+,51+,60+,61-,62-,67+/m1/s1. The van der Waals surface area contributed by atoms with Crippen LogP contribution >= 0.6 is 0 Å². The van der Waals surface area contributed by atoms with Crippen molar-refractivity contribution in [1.29, 1.82) is 0 Å². The van der Waals surface area contributed by atoms with Crippen molar-refractivity contribution in [3.63, 3.8) is 0 Å². The van der Waals surface area contributed by atoms with Gasteiger partial charge in [0, 0.05) is 114 Å². The van der Waals surface area contributed by atoms with Crippen LogP contribution in [-0.2, 0) is 51.1 Å². The molecule has 4 saturated heterocycles. The zero-order valence-electron chi connectivity index (χ0n) is 52.3. The van der Waals surface area contributed by atoms with E-state index in [1.807, 2.05) is 127 Å². The highest BCUT2D eigenvalue weighted by Crippen LogP contribution is 2.35. The molecule has 468 valence electrons. The number of ketones is 2. The molecule has 16 nitrogen and oxygen atoms in total. The number of rotatable bonds is 28. The van der Waals surface area contributed by atoms with E-state index in [1.54, 1.807) is 29.2 Å². The van der Waals surface area contributed by atoms with E-state index in [0.29, 0.717) is 109 Å². The summed E-state index contributed by atoms with van der Waals surface area (Å²) in [5.41, 5.74) is 4.64. The lowest BCUT2D eigenvalue weighted by Gasteiger charge is -2.37. The first-order valence-electron chi connectivity index (χ1n) is 32.2. The molecule has 4 aromatic carbocycles. The van der Waals surface area contributed by atoms with Crippen molar-refractivity contribution >= 4 is 47.0 Å². The lowest BCUT2D eigenvalue weighted by atomic mass is 9.80. The Kier molecular flexibility index (Phi) is 24.4. The molecule has 87 heavy (non-hydrogen) atoms. The van der Waals surface area contributed by atoms with Crippen molar-refractivity contribution in [2.24, 2.45) is 41.4 Å². The minimum absolute atomic E-state index is 0.000498. The second-order valence-electron chi connectivity index (χ2n) is 25.3. The number of Topliss-reactive ketones (excluding diaryl/α,β-unsaturated/α-hetero) is 2. The summed E-state index contributed by atoms with van der Waals surface area (Å²) in [6, 6.07) is 33.0. The molecular formula is C71H94N6O10. The predicted molar refractivity (Wildman–Crippen MR) is 336 cm³/mol. The van der Waals surface area contributed by atoms with E-state index in [4.69, 9.17) is 9.47 Å². The SMILES string of the molecule is CC[C@@H](C)C(=O)N[C@H](C(=O)N1CC[C@H](C)[C@H]1CN(CCc1ccccc1)C(=O)CCC(=O)c1ccc(-c2ccc(C(=O)NCC(=O)N(CCc3ccccc3)C[C@@H]3[C@@H](C)CCN3C(=O)[C@@H](CC(=O)C(C)C)C3CCOCC3)cc2)cc1)C1CCOCC1. The quantitative estimate of drug-likeness (QED) is 0.0518. The summed E-state index contributed by atoms with van der Waals surface area (Å²) in [6.45, 7) is 16.4. The fourth-order valence-corrected chi connectivity index (χ4v) is 12.9. The Hall–Kier alpha value is -7.04. The highest BCUT2D eigenvalue weighted by molar-refractivity contribution is 5.99. The molecule has 0 radical (unpaired) electrons. The van der Waals surface area contributed by atoms with Gasteiger partial charge in [-0.15, -0.1) is 0 Å². The van der Waals surface area contributed by atoms with E-state index in [0.717, 1.165) is 47.9 Å². The van der Waals surface area contributed by atoms with Gasteiger partial charge in [0.2, 0.25) is 29.5 Å². The largest absolute Gasteiger partial charge is 0.381 e. The maximum absolute atomic E-state index is 14.6. The normalized spacial score (nSPS) is 20.1. The summed E-state index contributed by atoms with van der Waals surface area (Å²) < 4.78 is 11.3. The Balaban J connectivity index is 0.877. The van der Waals surface area contributed by atoms with Crippen LogP contribution in [-0.4, -0.2) is 157 Å². The van der Waals surface area contributed by atoms with Gasteiger partial charge >= 0.3 is 0 Å². The van der Waals surface area contributed by atoms with Gasteiger partial charge in [0.15, 0.2) is 5.78 Å². The third-order valence-electron chi connectivity index (χ3n) is 19.1. The number of nitrogens with zero attached hydrogens (tertiary/aromatic N) is 4. The summed E-state index contributed by atoms with van der Waals surface area (Å²) in [6.07, 6.45) is 6.46. The van der Waals surface area contributed by atoms with E-state index in [1.165, 1.54) is 0 Å². The summed E-state index contributed by atoms with van der Waals surface area (Å²) in [5, 5.41) is 5.99.